The summed E-state index contributed by atoms with van der Waals surface area (Å²) in [4.78, 5) is 0. The van der Waals surface area contributed by atoms with Crippen LogP contribution in [0.25, 0.3) is 12.2 Å². The molecule has 2 fully saturated rings. The summed E-state index contributed by atoms with van der Waals surface area (Å²) >= 11 is 0. The summed E-state index contributed by atoms with van der Waals surface area (Å²) in [7, 11) is 0. The van der Waals surface area contributed by atoms with E-state index in [2.05, 4.69) is 74.5 Å². The Morgan fingerprint density at radius 2 is 0.463 bits per heavy atom. The second kappa shape index (κ2) is 40.1. The Morgan fingerprint density at radius 1 is 0.293 bits per heavy atom. The Bertz CT molecular complexity index is 2520. The number of benzene rings is 8. The van der Waals surface area contributed by atoms with Crippen molar-refractivity contribution in [3.05, 3.63) is 299 Å². The van der Waals surface area contributed by atoms with E-state index in [1.807, 2.05) is 172 Å². The first-order valence-electron chi connectivity index (χ1n) is 27.9. The average molecular weight is 1110 g/mol. The molecule has 0 saturated carbocycles. The van der Waals surface area contributed by atoms with Crippen molar-refractivity contribution in [1.82, 2.24) is 0 Å². The van der Waals surface area contributed by atoms with Gasteiger partial charge in [0.15, 0.2) is 0 Å². The summed E-state index contributed by atoms with van der Waals surface area (Å²) in [6.45, 7) is 14.5. The Kier molecular flexibility index (Phi) is 33.8. The predicted octanol–water partition coefficient (Wildman–Crippen LogP) is 14.1. The highest BCUT2D eigenvalue weighted by Gasteiger charge is 2.35. The number of allylic oxidation sites excluding steroid dienone is 2. The second-order valence-electron chi connectivity index (χ2n) is 19.6. The molecule has 0 aromatic heterocycles. The maximum atomic E-state index is 9.35. The van der Waals surface area contributed by atoms with E-state index in [-0.39, 0.29) is 0 Å². The van der Waals surface area contributed by atoms with Crippen molar-refractivity contribution in [2.75, 3.05) is 0 Å². The normalized spacial score (nSPS) is 18.1. The lowest BCUT2D eigenvalue weighted by molar-refractivity contribution is 0.0305. The molecule has 0 radical (unpaired) electrons. The molecule has 0 spiro atoms. The van der Waals surface area contributed by atoms with Gasteiger partial charge in [-0.15, -0.1) is 0 Å². The smallest absolute Gasteiger partial charge is 0.109 e. The van der Waals surface area contributed by atoms with Crippen molar-refractivity contribution in [3.63, 3.8) is 0 Å². The van der Waals surface area contributed by atoms with Crippen LogP contribution in [0, 0.1) is 0 Å². The highest BCUT2D eigenvalue weighted by Crippen LogP contribution is 2.38. The van der Waals surface area contributed by atoms with Gasteiger partial charge in [0.25, 0.3) is 0 Å². The first-order valence-corrected chi connectivity index (χ1v) is 27.9. The molecule has 2 heterocycles. The quantitative estimate of drug-likeness (QED) is 0.0547. The van der Waals surface area contributed by atoms with Gasteiger partial charge >= 0.3 is 0 Å². The Morgan fingerprint density at radius 3 is 0.622 bits per heavy atom. The number of hydrogen-bond donors (Lipinski definition) is 8. The van der Waals surface area contributed by atoms with E-state index in [4.69, 9.17) is 29.9 Å². The summed E-state index contributed by atoms with van der Waals surface area (Å²) in [5.74, 6) is 0. The van der Waals surface area contributed by atoms with Crippen molar-refractivity contribution in [1.29, 1.82) is 0 Å². The molecule has 2 aliphatic rings. The number of ether oxygens (including phenoxy) is 2. The van der Waals surface area contributed by atoms with E-state index in [1.165, 1.54) is 22.3 Å². The molecule has 12 atom stereocenters. The molecule has 8 aromatic rings. The fourth-order valence-corrected chi connectivity index (χ4v) is 7.58. The number of rotatable bonds is 12. The molecule has 0 amide bonds. The van der Waals surface area contributed by atoms with Gasteiger partial charge in [0.2, 0.25) is 0 Å². The van der Waals surface area contributed by atoms with Crippen molar-refractivity contribution >= 4 is 12.2 Å². The molecule has 0 bridgehead atoms. The fourth-order valence-electron chi connectivity index (χ4n) is 7.58. The SMILES string of the molecule is C/C=C/c1ccccc1.C/C=C\c1ccccc1.C[C@@H](O)[C@@H](O)c1ccccc1.C[C@@H](O)[C@H](O)c1ccccc1.C[C@@H]1O[C@H]1c1ccccc1.C[C@H](O)[C@@H](O)c1ccccc1.C[C@H](O)[C@H](O)c1ccccc1.C[C@H]1O[C@H]1c1ccccc1. The molecule has 82 heavy (non-hydrogen) atoms. The minimum Gasteiger partial charge on any atom is -0.390 e. The minimum atomic E-state index is -0.767. The predicted molar refractivity (Wildman–Crippen MR) is 334 cm³/mol. The minimum absolute atomic E-state index is 0.376. The zero-order chi connectivity index (χ0) is 60.1. The van der Waals surface area contributed by atoms with E-state index in [1.54, 1.807) is 76.2 Å². The van der Waals surface area contributed by atoms with Crippen LogP contribution in [0.3, 0.4) is 0 Å². The van der Waals surface area contributed by atoms with Gasteiger partial charge in [0, 0.05) is 0 Å². The molecule has 8 N–H and O–H groups in total. The van der Waals surface area contributed by atoms with Crippen LogP contribution in [0.15, 0.2) is 255 Å². The van der Waals surface area contributed by atoms with Crippen LogP contribution in [0.2, 0.25) is 0 Å². The van der Waals surface area contributed by atoms with Crippen LogP contribution in [-0.2, 0) is 9.47 Å². The highest BCUT2D eigenvalue weighted by atomic mass is 16.6. The summed E-state index contributed by atoms with van der Waals surface area (Å²) < 4.78 is 10.6. The van der Waals surface area contributed by atoms with Crippen LogP contribution in [-0.4, -0.2) is 77.5 Å². The van der Waals surface area contributed by atoms with E-state index >= 15 is 0 Å². The first kappa shape index (κ1) is 69.1. The zero-order valence-electron chi connectivity index (χ0n) is 48.7. The lowest BCUT2D eigenvalue weighted by Gasteiger charge is -2.12. The first-order chi connectivity index (χ1) is 39.5. The monoisotopic (exact) mass is 1110 g/mol. The van der Waals surface area contributed by atoms with E-state index < -0.39 is 48.8 Å². The summed E-state index contributed by atoms with van der Waals surface area (Å²) in [6, 6.07) is 77.7. The average Bonchev–Trinajstić information content (AvgIpc) is 4.49. The van der Waals surface area contributed by atoms with Crippen molar-refractivity contribution in [2.45, 2.75) is 129 Å². The Balaban J connectivity index is 0.000000246. The van der Waals surface area contributed by atoms with Crippen molar-refractivity contribution in [3.8, 4) is 0 Å². The molecule has 0 aliphatic carbocycles. The van der Waals surface area contributed by atoms with Gasteiger partial charge in [-0.05, 0) is 99.9 Å². The molecule has 2 saturated heterocycles. The molecule has 8 aromatic carbocycles. The lowest BCUT2D eigenvalue weighted by Crippen LogP contribution is -2.13. The number of epoxide rings is 2. The van der Waals surface area contributed by atoms with Crippen LogP contribution in [0.5, 0.6) is 0 Å². The number of aliphatic hydroxyl groups is 8. The maximum absolute atomic E-state index is 9.35. The fraction of sp³-hybridized carbons (Fsp3) is 0.278. The molecular weight excluding hydrogens is 1020 g/mol. The van der Waals surface area contributed by atoms with Gasteiger partial charge in [0.1, 0.15) is 36.6 Å². The lowest BCUT2D eigenvalue weighted by atomic mass is 10.1. The Labute approximate surface area is 488 Å². The van der Waals surface area contributed by atoms with Gasteiger partial charge in [-0.1, -0.05) is 267 Å². The third kappa shape index (κ3) is 28.5. The van der Waals surface area contributed by atoms with Crippen LogP contribution in [0.4, 0.5) is 0 Å². The van der Waals surface area contributed by atoms with Gasteiger partial charge in [-0.2, -0.15) is 0 Å². The van der Waals surface area contributed by atoms with Gasteiger partial charge in [0.05, 0.1) is 36.6 Å². The second-order valence-corrected chi connectivity index (χ2v) is 19.6. The molecule has 0 unspecified atom stereocenters. The third-order valence-electron chi connectivity index (χ3n) is 12.4. The maximum Gasteiger partial charge on any atom is 0.109 e. The summed E-state index contributed by atoms with van der Waals surface area (Å²) in [5, 5.41) is 73.5. The van der Waals surface area contributed by atoms with E-state index in [0.29, 0.717) is 24.4 Å². The summed E-state index contributed by atoms with van der Waals surface area (Å²) in [5.41, 5.74) is 8.14. The molecule has 10 rings (SSSR count). The van der Waals surface area contributed by atoms with E-state index in [0.717, 1.165) is 22.3 Å². The van der Waals surface area contributed by atoms with Gasteiger partial charge in [-0.3, -0.25) is 0 Å². The van der Waals surface area contributed by atoms with Crippen LogP contribution in [0.1, 0.15) is 137 Å². The Hall–Kier alpha value is -7.16. The van der Waals surface area contributed by atoms with Crippen molar-refractivity contribution in [2.24, 2.45) is 0 Å². The standard InChI is InChI=1S/4C9H12O2.2C9H10O.2C9H10/c4*1-7(10)9(11)8-5-3-2-4-6-8;2*1-7-9(10-7)8-5-3-2-4-6-8;2*1-2-6-9-7-4-3-5-8-9/h4*2-7,9-11H,1H3;2*2-7,9H,1H3;2*2-8H,1H3/b;;;;;;6-2+;6-2-/t2*7-,9+;2*7-,9-;7-,9+;7-,9-;;/m101001../s1. The summed E-state index contributed by atoms with van der Waals surface area (Å²) in [6.07, 6.45) is 3.95. The largest absolute Gasteiger partial charge is 0.390 e. The van der Waals surface area contributed by atoms with Crippen LogP contribution < -0.4 is 0 Å². The molecule has 436 valence electrons. The molecule has 2 aliphatic heterocycles. The van der Waals surface area contributed by atoms with Crippen LogP contribution >= 0.6 is 0 Å². The number of hydrogen-bond acceptors (Lipinski definition) is 10. The van der Waals surface area contributed by atoms with E-state index in [9.17, 15) is 20.4 Å². The topological polar surface area (TPSA) is 187 Å². The van der Waals surface area contributed by atoms with Crippen molar-refractivity contribution < 1.29 is 50.3 Å². The third-order valence-corrected chi connectivity index (χ3v) is 12.4. The molecule has 10 nitrogen and oxygen atoms in total. The number of aliphatic hydroxyl groups excluding tert-OH is 8. The molecule has 10 heteroatoms. The van der Waals surface area contributed by atoms with Gasteiger partial charge in [-0.25, -0.2) is 0 Å². The highest BCUT2D eigenvalue weighted by molar-refractivity contribution is 5.48. The molecular formula is C72H88O10. The zero-order valence-corrected chi connectivity index (χ0v) is 48.7. The van der Waals surface area contributed by atoms with Gasteiger partial charge < -0.3 is 50.3 Å².